The fourth-order valence-corrected chi connectivity index (χ4v) is 3.28. The van der Waals surface area contributed by atoms with Crippen molar-refractivity contribution in [2.45, 2.75) is 45.1 Å². The lowest BCUT2D eigenvalue weighted by molar-refractivity contribution is 0.0696. The molecule has 0 saturated heterocycles. The molecule has 0 heterocycles. The number of aryl methyl sites for hydroxylation is 1. The molecular formula is C16H22ClNO2. The number of aliphatic hydroxyl groups is 1. The lowest BCUT2D eigenvalue weighted by Gasteiger charge is -2.39. The van der Waals surface area contributed by atoms with Crippen LogP contribution in [0.5, 0.6) is 0 Å². The average Bonchev–Trinajstić information content (AvgIpc) is 2.41. The Bertz CT molecular complexity index is 503. The van der Waals surface area contributed by atoms with Crippen molar-refractivity contribution in [1.29, 1.82) is 0 Å². The van der Waals surface area contributed by atoms with Gasteiger partial charge in [-0.05, 0) is 43.4 Å². The Morgan fingerprint density at radius 1 is 1.55 bits per heavy atom. The van der Waals surface area contributed by atoms with Crippen molar-refractivity contribution >= 4 is 17.5 Å². The van der Waals surface area contributed by atoms with Crippen LogP contribution >= 0.6 is 11.6 Å². The van der Waals surface area contributed by atoms with E-state index in [2.05, 4.69) is 12.2 Å². The summed E-state index contributed by atoms with van der Waals surface area (Å²) < 4.78 is 0. The van der Waals surface area contributed by atoms with Gasteiger partial charge >= 0.3 is 0 Å². The number of aliphatic hydroxyl groups excluding tert-OH is 1. The van der Waals surface area contributed by atoms with E-state index in [-0.39, 0.29) is 12.5 Å². The zero-order valence-corrected chi connectivity index (χ0v) is 12.8. The highest BCUT2D eigenvalue weighted by molar-refractivity contribution is 6.31. The largest absolute Gasteiger partial charge is 0.394 e. The Morgan fingerprint density at radius 3 is 2.95 bits per heavy atom. The molecule has 20 heavy (non-hydrogen) atoms. The van der Waals surface area contributed by atoms with Crippen molar-refractivity contribution in [3.8, 4) is 0 Å². The molecule has 0 radical (unpaired) electrons. The highest BCUT2D eigenvalue weighted by Crippen LogP contribution is 2.32. The predicted molar refractivity (Wildman–Crippen MR) is 81.1 cm³/mol. The van der Waals surface area contributed by atoms with Crippen molar-refractivity contribution < 1.29 is 9.90 Å². The van der Waals surface area contributed by atoms with Crippen LogP contribution < -0.4 is 5.32 Å². The summed E-state index contributed by atoms with van der Waals surface area (Å²) in [5, 5.41) is 13.3. The molecule has 0 aliphatic heterocycles. The standard InChI is InChI=1S/C16H22ClNO2/c1-11-4-3-7-16(9-11,10-19)18-15(20)14-8-13(17)6-5-12(14)2/h5-6,8,11,19H,3-4,7,9-10H2,1-2H3,(H,18,20). The zero-order valence-electron chi connectivity index (χ0n) is 12.1. The first kappa shape index (κ1) is 15.3. The summed E-state index contributed by atoms with van der Waals surface area (Å²) >= 11 is 5.97. The van der Waals surface area contributed by atoms with Crippen molar-refractivity contribution in [3.05, 3.63) is 34.3 Å². The van der Waals surface area contributed by atoms with E-state index in [0.29, 0.717) is 16.5 Å². The normalized spacial score (nSPS) is 26.3. The minimum Gasteiger partial charge on any atom is -0.394 e. The van der Waals surface area contributed by atoms with Crippen LogP contribution in [0.1, 0.15) is 48.5 Å². The smallest absolute Gasteiger partial charge is 0.252 e. The molecule has 1 saturated carbocycles. The van der Waals surface area contributed by atoms with E-state index in [1.165, 1.54) is 0 Å². The van der Waals surface area contributed by atoms with Crippen molar-refractivity contribution in [3.63, 3.8) is 0 Å². The van der Waals surface area contributed by atoms with Crippen LogP contribution in [-0.2, 0) is 0 Å². The Kier molecular flexibility index (Phi) is 4.71. The van der Waals surface area contributed by atoms with Gasteiger partial charge in [-0.25, -0.2) is 0 Å². The number of nitrogens with one attached hydrogen (secondary N) is 1. The Labute approximate surface area is 125 Å². The van der Waals surface area contributed by atoms with Gasteiger partial charge in [0.15, 0.2) is 0 Å². The van der Waals surface area contributed by atoms with Crippen LogP contribution in [0, 0.1) is 12.8 Å². The average molecular weight is 296 g/mol. The first-order valence-electron chi connectivity index (χ1n) is 7.15. The molecule has 1 aliphatic rings. The molecule has 1 fully saturated rings. The van der Waals surface area contributed by atoms with Crippen LogP contribution in [0.3, 0.4) is 0 Å². The quantitative estimate of drug-likeness (QED) is 0.899. The number of hydrogen-bond donors (Lipinski definition) is 2. The van der Waals surface area contributed by atoms with Gasteiger partial charge in [0.05, 0.1) is 12.1 Å². The number of carbonyl (C=O) groups excluding carboxylic acids is 1. The van der Waals surface area contributed by atoms with Gasteiger partial charge in [0.1, 0.15) is 0 Å². The van der Waals surface area contributed by atoms with Gasteiger partial charge in [-0.1, -0.05) is 37.4 Å². The fourth-order valence-electron chi connectivity index (χ4n) is 3.10. The number of benzene rings is 1. The Balaban J connectivity index is 2.19. The SMILES string of the molecule is Cc1ccc(Cl)cc1C(=O)NC1(CO)CCCC(C)C1. The molecule has 0 spiro atoms. The van der Waals surface area contributed by atoms with E-state index in [9.17, 15) is 9.90 Å². The maximum absolute atomic E-state index is 12.5. The molecule has 0 aromatic heterocycles. The number of halogens is 1. The molecule has 2 unspecified atom stereocenters. The van der Waals surface area contributed by atoms with Gasteiger partial charge < -0.3 is 10.4 Å². The third kappa shape index (κ3) is 3.33. The van der Waals surface area contributed by atoms with Crippen LogP contribution in [-0.4, -0.2) is 23.2 Å². The molecule has 4 heteroatoms. The van der Waals surface area contributed by atoms with Crippen LogP contribution in [0.4, 0.5) is 0 Å². The Hall–Kier alpha value is -1.06. The second-order valence-corrected chi connectivity index (χ2v) is 6.49. The molecule has 1 aromatic rings. The molecule has 1 amide bonds. The lowest BCUT2D eigenvalue weighted by Crippen LogP contribution is -2.54. The molecule has 2 N–H and O–H groups in total. The summed E-state index contributed by atoms with van der Waals surface area (Å²) in [6, 6.07) is 5.30. The van der Waals surface area contributed by atoms with Gasteiger partial charge in [-0.3, -0.25) is 4.79 Å². The number of amides is 1. The van der Waals surface area contributed by atoms with Gasteiger partial charge in [-0.2, -0.15) is 0 Å². The van der Waals surface area contributed by atoms with Crippen molar-refractivity contribution in [2.75, 3.05) is 6.61 Å². The minimum absolute atomic E-state index is 0.0112. The molecular weight excluding hydrogens is 274 g/mol. The van der Waals surface area contributed by atoms with E-state index in [0.717, 1.165) is 31.2 Å². The third-order valence-corrected chi connectivity index (χ3v) is 4.45. The maximum atomic E-state index is 12.5. The monoisotopic (exact) mass is 295 g/mol. The third-order valence-electron chi connectivity index (χ3n) is 4.22. The first-order valence-corrected chi connectivity index (χ1v) is 7.53. The van der Waals surface area contributed by atoms with Crippen molar-refractivity contribution in [2.24, 2.45) is 5.92 Å². The minimum atomic E-state index is -0.483. The second kappa shape index (κ2) is 6.15. The molecule has 1 aliphatic carbocycles. The number of rotatable bonds is 3. The van der Waals surface area contributed by atoms with Crippen molar-refractivity contribution in [1.82, 2.24) is 5.32 Å². The number of carbonyl (C=O) groups is 1. The predicted octanol–water partition coefficient (Wildman–Crippen LogP) is 3.32. The summed E-state index contributed by atoms with van der Waals surface area (Å²) in [5.41, 5.74) is 0.996. The van der Waals surface area contributed by atoms with E-state index in [1.807, 2.05) is 13.0 Å². The van der Waals surface area contributed by atoms with Gasteiger partial charge in [-0.15, -0.1) is 0 Å². The summed E-state index contributed by atoms with van der Waals surface area (Å²) in [6.07, 6.45) is 3.86. The van der Waals surface area contributed by atoms with Gasteiger partial charge in [0.25, 0.3) is 5.91 Å². The van der Waals surface area contributed by atoms with Gasteiger partial charge in [0, 0.05) is 10.6 Å². The highest BCUT2D eigenvalue weighted by atomic mass is 35.5. The van der Waals surface area contributed by atoms with Crippen LogP contribution in [0.25, 0.3) is 0 Å². The van der Waals surface area contributed by atoms with E-state index >= 15 is 0 Å². The molecule has 0 bridgehead atoms. The van der Waals surface area contributed by atoms with E-state index < -0.39 is 5.54 Å². The summed E-state index contributed by atoms with van der Waals surface area (Å²) in [4.78, 5) is 12.5. The molecule has 2 atom stereocenters. The topological polar surface area (TPSA) is 49.3 Å². The first-order chi connectivity index (χ1) is 9.46. The summed E-state index contributed by atoms with van der Waals surface area (Å²) in [7, 11) is 0. The summed E-state index contributed by atoms with van der Waals surface area (Å²) in [6.45, 7) is 4.05. The van der Waals surface area contributed by atoms with Crippen LogP contribution in [0.2, 0.25) is 5.02 Å². The Morgan fingerprint density at radius 2 is 2.30 bits per heavy atom. The fraction of sp³-hybridized carbons (Fsp3) is 0.562. The molecule has 110 valence electrons. The molecule has 2 rings (SSSR count). The highest BCUT2D eigenvalue weighted by Gasteiger charge is 2.36. The summed E-state index contributed by atoms with van der Waals surface area (Å²) in [5.74, 6) is 0.379. The van der Waals surface area contributed by atoms with E-state index in [1.54, 1.807) is 12.1 Å². The lowest BCUT2D eigenvalue weighted by atomic mass is 9.76. The number of hydrogen-bond acceptors (Lipinski definition) is 2. The van der Waals surface area contributed by atoms with E-state index in [4.69, 9.17) is 11.6 Å². The second-order valence-electron chi connectivity index (χ2n) is 6.05. The van der Waals surface area contributed by atoms with Gasteiger partial charge in [0.2, 0.25) is 0 Å². The maximum Gasteiger partial charge on any atom is 0.252 e. The van der Waals surface area contributed by atoms with Crippen LogP contribution in [0.15, 0.2) is 18.2 Å². The zero-order chi connectivity index (χ0) is 14.8. The molecule has 3 nitrogen and oxygen atoms in total. The molecule has 1 aromatic carbocycles.